The lowest BCUT2D eigenvalue weighted by molar-refractivity contribution is -0.128. The van der Waals surface area contributed by atoms with Crippen molar-refractivity contribution in [1.82, 2.24) is 20.4 Å². The smallest absolute Gasteiger partial charge is 0.279 e. The van der Waals surface area contributed by atoms with Gasteiger partial charge in [0.2, 0.25) is 0 Å². The van der Waals surface area contributed by atoms with Crippen LogP contribution >= 0.6 is 0 Å². The molecule has 2 N–H and O–H groups in total. The van der Waals surface area contributed by atoms with Crippen molar-refractivity contribution < 1.29 is 18.7 Å². The Hall–Kier alpha value is -3.75. The number of benzene rings is 2. The number of hydrogen-bond acceptors (Lipinski definition) is 5. The maximum Gasteiger partial charge on any atom is 0.279 e. The van der Waals surface area contributed by atoms with Crippen LogP contribution in [0.1, 0.15) is 42.4 Å². The lowest BCUT2D eigenvalue weighted by atomic mass is 10.1. The number of halogens is 1. The van der Waals surface area contributed by atoms with Crippen LogP contribution in [0, 0.1) is 5.82 Å². The predicted octanol–water partition coefficient (Wildman–Crippen LogP) is 2.49. The van der Waals surface area contributed by atoms with Crippen molar-refractivity contribution in [2.45, 2.75) is 45.3 Å². The van der Waals surface area contributed by atoms with Crippen LogP contribution in [0.25, 0.3) is 10.9 Å². The molecule has 1 aliphatic heterocycles. The fourth-order valence-corrected chi connectivity index (χ4v) is 3.62. The molecule has 166 valence electrons. The first kappa shape index (κ1) is 21.5. The molecule has 0 spiro atoms. The lowest BCUT2D eigenvalue weighted by Gasteiger charge is -2.15. The molecule has 2 amide bonds. The molecule has 32 heavy (non-hydrogen) atoms. The van der Waals surface area contributed by atoms with Gasteiger partial charge in [0.15, 0.2) is 6.10 Å². The first-order valence-electron chi connectivity index (χ1n) is 10.5. The second-order valence-corrected chi connectivity index (χ2v) is 7.68. The summed E-state index contributed by atoms with van der Waals surface area (Å²) in [6, 6.07) is 9.91. The van der Waals surface area contributed by atoms with Crippen LogP contribution in [0.3, 0.4) is 0 Å². The van der Waals surface area contributed by atoms with Crippen molar-refractivity contribution in [3.63, 3.8) is 0 Å². The van der Waals surface area contributed by atoms with Crippen molar-refractivity contribution in [1.29, 1.82) is 0 Å². The molecule has 8 nitrogen and oxygen atoms in total. The highest BCUT2D eigenvalue weighted by Gasteiger charge is 2.18. The fraction of sp³-hybridized carbons (Fsp3) is 0.304. The molecule has 0 saturated carbocycles. The zero-order valence-corrected chi connectivity index (χ0v) is 17.6. The number of hydrazine groups is 1. The van der Waals surface area contributed by atoms with Gasteiger partial charge in [0, 0.05) is 18.5 Å². The monoisotopic (exact) mass is 438 g/mol. The average molecular weight is 438 g/mol. The highest BCUT2D eigenvalue weighted by molar-refractivity contribution is 5.98. The summed E-state index contributed by atoms with van der Waals surface area (Å²) < 4.78 is 20.1. The predicted molar refractivity (Wildman–Crippen MR) is 116 cm³/mol. The van der Waals surface area contributed by atoms with E-state index in [1.54, 1.807) is 16.7 Å². The summed E-state index contributed by atoms with van der Waals surface area (Å²) >= 11 is 0. The molecule has 2 heterocycles. The van der Waals surface area contributed by atoms with E-state index >= 15 is 0 Å². The number of fused-ring (bicyclic) bond motifs is 2. The summed E-state index contributed by atoms with van der Waals surface area (Å²) in [6.45, 7) is 2.16. The van der Waals surface area contributed by atoms with E-state index in [0.29, 0.717) is 23.2 Å². The van der Waals surface area contributed by atoms with E-state index in [1.807, 2.05) is 0 Å². The molecule has 2 aromatic carbocycles. The topological polar surface area (TPSA) is 102 Å². The number of amides is 2. The van der Waals surface area contributed by atoms with Crippen LogP contribution in [0.4, 0.5) is 4.39 Å². The van der Waals surface area contributed by atoms with Crippen molar-refractivity contribution in [2.24, 2.45) is 0 Å². The Morgan fingerprint density at radius 3 is 2.66 bits per heavy atom. The van der Waals surface area contributed by atoms with Gasteiger partial charge in [-0.05, 0) is 62.2 Å². The second kappa shape index (κ2) is 9.17. The Morgan fingerprint density at radius 1 is 1.09 bits per heavy atom. The van der Waals surface area contributed by atoms with Crippen LogP contribution in [-0.2, 0) is 17.8 Å². The highest BCUT2D eigenvalue weighted by Crippen LogP contribution is 2.16. The summed E-state index contributed by atoms with van der Waals surface area (Å²) in [5, 5.41) is 0.456. The van der Waals surface area contributed by atoms with Crippen LogP contribution < -0.4 is 21.1 Å². The van der Waals surface area contributed by atoms with Gasteiger partial charge in [-0.25, -0.2) is 9.37 Å². The zero-order valence-electron chi connectivity index (χ0n) is 17.6. The van der Waals surface area contributed by atoms with Crippen molar-refractivity contribution >= 4 is 22.7 Å². The van der Waals surface area contributed by atoms with Gasteiger partial charge in [-0.3, -0.25) is 29.8 Å². The zero-order chi connectivity index (χ0) is 22.7. The van der Waals surface area contributed by atoms with Crippen LogP contribution in [-0.4, -0.2) is 27.5 Å². The molecular weight excluding hydrogens is 415 g/mol. The molecule has 0 bridgehead atoms. The van der Waals surface area contributed by atoms with Gasteiger partial charge in [-0.2, -0.15) is 0 Å². The molecule has 3 aromatic rings. The third-order valence-corrected chi connectivity index (χ3v) is 5.37. The van der Waals surface area contributed by atoms with Gasteiger partial charge in [0.25, 0.3) is 17.4 Å². The molecule has 0 fully saturated rings. The van der Waals surface area contributed by atoms with Crippen molar-refractivity contribution in [3.05, 3.63) is 70.0 Å². The quantitative estimate of drug-likeness (QED) is 0.610. The van der Waals surface area contributed by atoms with Gasteiger partial charge in [-0.15, -0.1) is 0 Å². The van der Waals surface area contributed by atoms with Crippen molar-refractivity contribution in [2.75, 3.05) is 0 Å². The van der Waals surface area contributed by atoms with Gasteiger partial charge in [0.1, 0.15) is 17.4 Å². The van der Waals surface area contributed by atoms with E-state index in [9.17, 15) is 18.8 Å². The Balaban J connectivity index is 1.43. The van der Waals surface area contributed by atoms with E-state index in [2.05, 4.69) is 15.8 Å². The summed E-state index contributed by atoms with van der Waals surface area (Å²) in [7, 11) is 0. The molecule has 1 unspecified atom stereocenters. The number of ether oxygens (including phenoxy) is 1. The third-order valence-electron chi connectivity index (χ3n) is 5.37. The number of nitrogens with zero attached hydrogens (tertiary/aromatic N) is 2. The minimum atomic E-state index is -0.922. The average Bonchev–Trinajstić information content (AvgIpc) is 3.04. The van der Waals surface area contributed by atoms with E-state index < -0.39 is 23.7 Å². The normalized spacial score (nSPS) is 14.2. The van der Waals surface area contributed by atoms with Gasteiger partial charge in [-0.1, -0.05) is 6.42 Å². The fourth-order valence-electron chi connectivity index (χ4n) is 3.62. The number of rotatable bonds is 4. The maximum absolute atomic E-state index is 13.0. The van der Waals surface area contributed by atoms with E-state index in [0.717, 1.165) is 31.5 Å². The Bertz CT molecular complexity index is 1220. The van der Waals surface area contributed by atoms with Gasteiger partial charge in [0.05, 0.1) is 10.9 Å². The molecular formula is C23H23FN4O4. The third kappa shape index (κ3) is 4.61. The summed E-state index contributed by atoms with van der Waals surface area (Å²) in [5.74, 6) is -0.481. The maximum atomic E-state index is 13.0. The molecule has 1 aromatic heterocycles. The summed E-state index contributed by atoms with van der Waals surface area (Å²) in [6.07, 6.45) is 2.78. The van der Waals surface area contributed by atoms with Crippen molar-refractivity contribution in [3.8, 4) is 5.75 Å². The summed E-state index contributed by atoms with van der Waals surface area (Å²) in [4.78, 5) is 42.1. The number of carbonyl (C=O) groups is 2. The second-order valence-electron chi connectivity index (χ2n) is 7.68. The highest BCUT2D eigenvalue weighted by atomic mass is 19.1. The van der Waals surface area contributed by atoms with Gasteiger partial charge < -0.3 is 4.74 Å². The minimum absolute atomic E-state index is 0.0982. The molecule has 1 atom stereocenters. The molecule has 9 heteroatoms. The largest absolute Gasteiger partial charge is 0.481 e. The number of hydrogen-bond donors (Lipinski definition) is 2. The number of aryl methyl sites for hydroxylation is 1. The molecule has 0 radical (unpaired) electrons. The van der Waals surface area contributed by atoms with Gasteiger partial charge >= 0.3 is 0 Å². The van der Waals surface area contributed by atoms with E-state index in [1.165, 1.54) is 37.3 Å². The first-order valence-corrected chi connectivity index (χ1v) is 10.5. The SMILES string of the molecule is CC(Oc1ccc(F)cc1)C(=O)NNC(=O)c1ccc2c(=O)n3c(nc2c1)CCCCC3. The van der Waals surface area contributed by atoms with E-state index in [4.69, 9.17) is 4.74 Å². The molecule has 1 aliphatic rings. The Morgan fingerprint density at radius 2 is 1.88 bits per heavy atom. The number of aromatic nitrogens is 2. The van der Waals surface area contributed by atoms with Crippen LogP contribution in [0.5, 0.6) is 5.75 Å². The lowest BCUT2D eigenvalue weighted by Crippen LogP contribution is -2.47. The Labute approximate surface area is 183 Å². The number of nitrogens with one attached hydrogen (secondary N) is 2. The molecule has 0 aliphatic carbocycles. The first-order chi connectivity index (χ1) is 15.4. The summed E-state index contributed by atoms with van der Waals surface area (Å²) in [5.41, 5.74) is 5.26. The standard InChI is InChI=1S/C23H23FN4O4/c1-14(32-17-9-7-16(24)8-10-17)21(29)26-27-22(30)15-6-11-18-19(13-15)25-20-5-3-2-4-12-28(20)23(18)31/h6-11,13-14H,2-5,12H2,1H3,(H,26,29)(H,27,30). The molecule has 4 rings (SSSR count). The Kier molecular flexibility index (Phi) is 6.16. The number of carbonyl (C=O) groups excluding carboxylic acids is 2. The molecule has 0 saturated heterocycles. The van der Waals surface area contributed by atoms with Crippen LogP contribution in [0.15, 0.2) is 47.3 Å². The van der Waals surface area contributed by atoms with Crippen LogP contribution in [0.2, 0.25) is 0 Å². The minimum Gasteiger partial charge on any atom is -0.481 e. The van der Waals surface area contributed by atoms with E-state index in [-0.39, 0.29) is 11.1 Å².